The van der Waals surface area contributed by atoms with E-state index in [1.807, 2.05) is 62.4 Å². The molecule has 33 heavy (non-hydrogen) atoms. The molecule has 0 saturated carbocycles. The van der Waals surface area contributed by atoms with Gasteiger partial charge in [-0.1, -0.05) is 85.0 Å². The molecule has 0 nitrogen and oxygen atoms in total. The molecule has 2 unspecified atom stereocenters. The summed E-state index contributed by atoms with van der Waals surface area (Å²) >= 11 is 0. The minimum Gasteiger partial charge on any atom is -0.239 e. The Hall–Kier alpha value is -3.07. The van der Waals surface area contributed by atoms with Gasteiger partial charge in [-0.25, -0.2) is 13.2 Å². The molecule has 0 amide bonds. The van der Waals surface area contributed by atoms with Crippen molar-refractivity contribution < 1.29 is 13.2 Å². The van der Waals surface area contributed by atoms with E-state index in [4.69, 9.17) is 0 Å². The number of alkyl halides is 2. The van der Waals surface area contributed by atoms with E-state index in [2.05, 4.69) is 12.2 Å². The Labute approximate surface area is 195 Å². The van der Waals surface area contributed by atoms with E-state index < -0.39 is 18.2 Å². The molecule has 3 aromatic rings. The molecule has 3 heteroatoms. The van der Waals surface area contributed by atoms with E-state index in [9.17, 15) is 13.2 Å². The molecule has 0 heterocycles. The van der Waals surface area contributed by atoms with Crippen LogP contribution < -0.4 is 0 Å². The predicted octanol–water partition coefficient (Wildman–Crippen LogP) is 9.23. The van der Waals surface area contributed by atoms with Gasteiger partial charge in [-0.15, -0.1) is 0 Å². The first-order valence-electron chi connectivity index (χ1n) is 11.5. The molecular formula is C30H31F3. The number of rotatable bonds is 10. The van der Waals surface area contributed by atoms with Gasteiger partial charge in [0.25, 0.3) is 0 Å². The van der Waals surface area contributed by atoms with Gasteiger partial charge >= 0.3 is 0 Å². The number of benzene rings is 3. The van der Waals surface area contributed by atoms with E-state index in [1.165, 1.54) is 17.7 Å². The van der Waals surface area contributed by atoms with Gasteiger partial charge in [-0.2, -0.15) is 0 Å². The summed E-state index contributed by atoms with van der Waals surface area (Å²) in [6.07, 6.45) is 8.05. The number of halogens is 3. The van der Waals surface area contributed by atoms with Crippen LogP contribution in [0.2, 0.25) is 0 Å². The van der Waals surface area contributed by atoms with Gasteiger partial charge in [0.2, 0.25) is 0 Å². The van der Waals surface area contributed by atoms with Gasteiger partial charge in [0.15, 0.2) is 12.3 Å². The van der Waals surface area contributed by atoms with Crippen LogP contribution in [-0.4, -0.2) is 0 Å². The van der Waals surface area contributed by atoms with E-state index in [0.29, 0.717) is 5.56 Å². The fourth-order valence-electron chi connectivity index (χ4n) is 3.83. The Morgan fingerprint density at radius 2 is 1.15 bits per heavy atom. The Kier molecular flexibility index (Phi) is 9.12. The predicted molar refractivity (Wildman–Crippen MR) is 132 cm³/mol. The van der Waals surface area contributed by atoms with Crippen molar-refractivity contribution in [3.05, 3.63) is 119 Å². The van der Waals surface area contributed by atoms with Crippen LogP contribution >= 0.6 is 0 Å². The summed E-state index contributed by atoms with van der Waals surface area (Å²) in [5, 5.41) is 0. The number of hydrogen-bond donors (Lipinski definition) is 0. The minimum absolute atomic E-state index is 0.00359. The minimum atomic E-state index is -1.93. The molecule has 172 valence electrons. The molecule has 3 rings (SSSR count). The molecule has 0 aliphatic carbocycles. The largest absolute Gasteiger partial charge is 0.239 e. The summed E-state index contributed by atoms with van der Waals surface area (Å²) < 4.78 is 44.6. The van der Waals surface area contributed by atoms with E-state index in [-0.39, 0.29) is 11.1 Å². The highest BCUT2D eigenvalue weighted by Crippen LogP contribution is 2.37. The topological polar surface area (TPSA) is 0 Å². The monoisotopic (exact) mass is 448 g/mol. The van der Waals surface area contributed by atoms with Crippen molar-refractivity contribution in [3.63, 3.8) is 0 Å². The lowest BCUT2D eigenvalue weighted by Gasteiger charge is -2.16. The van der Waals surface area contributed by atoms with Crippen molar-refractivity contribution >= 4 is 0 Å². The molecule has 0 radical (unpaired) electrons. The average Bonchev–Trinajstić information content (AvgIpc) is 2.84. The fraction of sp³-hybridized carbons (Fsp3) is 0.267. The molecule has 0 N–H and O–H groups in total. The normalized spacial score (nSPS) is 13.6. The van der Waals surface area contributed by atoms with Crippen molar-refractivity contribution in [1.82, 2.24) is 0 Å². The quantitative estimate of drug-likeness (QED) is 0.271. The van der Waals surface area contributed by atoms with Gasteiger partial charge < -0.3 is 0 Å². The molecule has 0 spiro atoms. The zero-order valence-electron chi connectivity index (χ0n) is 19.3. The summed E-state index contributed by atoms with van der Waals surface area (Å²) in [6.45, 7) is 3.96. The lowest BCUT2D eigenvalue weighted by molar-refractivity contribution is 0.170. The Morgan fingerprint density at radius 3 is 1.67 bits per heavy atom. The molecule has 0 aromatic heterocycles. The van der Waals surface area contributed by atoms with Crippen LogP contribution in [0.25, 0.3) is 11.1 Å². The van der Waals surface area contributed by atoms with Crippen LogP contribution in [-0.2, 0) is 12.8 Å². The summed E-state index contributed by atoms with van der Waals surface area (Å²) in [5.74, 6) is -0.552. The van der Waals surface area contributed by atoms with Crippen LogP contribution in [0.15, 0.2) is 91.0 Å². The lowest BCUT2D eigenvalue weighted by atomic mass is 9.96. The molecule has 0 bridgehead atoms. The number of allylic oxidation sites excluding steroid dienone is 4. The highest BCUT2D eigenvalue weighted by Gasteiger charge is 2.25. The van der Waals surface area contributed by atoms with Crippen molar-refractivity contribution in [2.24, 2.45) is 0 Å². The summed E-state index contributed by atoms with van der Waals surface area (Å²) in [5.41, 5.74) is 3.61. The average molecular weight is 449 g/mol. The van der Waals surface area contributed by atoms with Crippen LogP contribution in [0.5, 0.6) is 0 Å². The molecular weight excluding hydrogens is 417 g/mol. The first-order valence-corrected chi connectivity index (χ1v) is 11.5. The van der Waals surface area contributed by atoms with Crippen molar-refractivity contribution in [2.45, 2.75) is 51.9 Å². The Balaban J connectivity index is 1.69. The van der Waals surface area contributed by atoms with E-state index in [1.54, 1.807) is 12.1 Å². The highest BCUT2D eigenvalue weighted by atomic mass is 19.2. The third kappa shape index (κ3) is 6.71. The van der Waals surface area contributed by atoms with Crippen LogP contribution in [0.1, 0.15) is 61.3 Å². The molecule has 0 aliphatic rings. The third-order valence-electron chi connectivity index (χ3n) is 5.80. The van der Waals surface area contributed by atoms with Crippen molar-refractivity contribution in [3.8, 4) is 11.1 Å². The first kappa shape index (κ1) is 24.6. The Morgan fingerprint density at radius 1 is 0.667 bits per heavy atom. The van der Waals surface area contributed by atoms with Gasteiger partial charge in [0, 0.05) is 5.56 Å². The molecule has 0 fully saturated rings. The molecule has 2 atom stereocenters. The van der Waals surface area contributed by atoms with Gasteiger partial charge in [0.1, 0.15) is 5.82 Å². The van der Waals surface area contributed by atoms with Gasteiger partial charge in [-0.3, -0.25) is 0 Å². The second-order valence-electron chi connectivity index (χ2n) is 8.20. The van der Waals surface area contributed by atoms with Crippen LogP contribution in [0.4, 0.5) is 13.2 Å². The summed E-state index contributed by atoms with van der Waals surface area (Å²) in [7, 11) is 0. The first-order chi connectivity index (χ1) is 16.0. The maximum absolute atomic E-state index is 14.9. The second-order valence-corrected chi connectivity index (χ2v) is 8.20. The molecule has 0 aliphatic heterocycles. The molecule has 0 saturated heterocycles. The smallest absolute Gasteiger partial charge is 0.160 e. The third-order valence-corrected chi connectivity index (χ3v) is 5.80. The standard InChI is InChI=1S/C30H31F3/c1-3-5-7-9-22-11-15-24(16-12-22)27-20-19-26(21-28(27)31)30(33)29(32)25-17-13-23(14-18-25)10-8-6-4-2/h3-6,11-21,29-30H,7-10H2,1-2H3/b5-3+,6-4+. The number of aryl methyl sites for hydroxylation is 2. The van der Waals surface area contributed by atoms with E-state index in [0.717, 1.165) is 42.9 Å². The zero-order valence-corrected chi connectivity index (χ0v) is 19.3. The van der Waals surface area contributed by atoms with Crippen LogP contribution in [0.3, 0.4) is 0 Å². The SMILES string of the molecule is C/C=C/CCc1ccc(-c2ccc(C(F)C(F)c3ccc(CC/C=C/C)cc3)cc2F)cc1. The summed E-state index contributed by atoms with van der Waals surface area (Å²) in [6, 6.07) is 18.7. The van der Waals surface area contributed by atoms with Crippen molar-refractivity contribution in [1.29, 1.82) is 0 Å². The lowest BCUT2D eigenvalue weighted by Crippen LogP contribution is -2.03. The van der Waals surface area contributed by atoms with E-state index >= 15 is 0 Å². The maximum Gasteiger partial charge on any atom is 0.160 e. The van der Waals surface area contributed by atoms with Gasteiger partial charge in [0.05, 0.1) is 0 Å². The second kappa shape index (κ2) is 12.2. The maximum atomic E-state index is 14.9. The molecule has 3 aromatic carbocycles. The summed E-state index contributed by atoms with van der Waals surface area (Å²) in [4.78, 5) is 0. The van der Waals surface area contributed by atoms with Gasteiger partial charge in [-0.05, 0) is 73.4 Å². The van der Waals surface area contributed by atoms with Crippen molar-refractivity contribution in [2.75, 3.05) is 0 Å². The van der Waals surface area contributed by atoms with Crippen LogP contribution in [0, 0.1) is 5.82 Å². The Bertz CT molecular complexity index is 1060. The fourth-order valence-corrected chi connectivity index (χ4v) is 3.83. The number of hydrogen-bond acceptors (Lipinski definition) is 0. The zero-order chi connectivity index (χ0) is 23.6. The highest BCUT2D eigenvalue weighted by molar-refractivity contribution is 5.65.